The van der Waals surface area contributed by atoms with Gasteiger partial charge in [-0.25, -0.2) is 0 Å². The molecule has 1 aromatic heterocycles. The van der Waals surface area contributed by atoms with Gasteiger partial charge in [-0.3, -0.25) is 24.5 Å². The van der Waals surface area contributed by atoms with Crippen molar-refractivity contribution in [3.05, 3.63) is 77.6 Å². The van der Waals surface area contributed by atoms with Crippen molar-refractivity contribution in [2.45, 2.75) is 0 Å². The van der Waals surface area contributed by atoms with E-state index in [0.717, 1.165) is 0 Å². The highest BCUT2D eigenvalue weighted by atomic mass is 16.2. The van der Waals surface area contributed by atoms with Crippen LogP contribution in [0.1, 0.15) is 21.5 Å². The molecule has 3 aromatic rings. The molecular formula is C24H21N7O3. The molecule has 0 unspecified atom stereocenters. The van der Waals surface area contributed by atoms with Gasteiger partial charge in [-0.2, -0.15) is 5.10 Å². The molecule has 0 saturated carbocycles. The van der Waals surface area contributed by atoms with Crippen molar-refractivity contribution in [2.75, 3.05) is 36.1 Å². The smallest absolute Gasteiger partial charge is 0.290 e. The highest BCUT2D eigenvalue weighted by molar-refractivity contribution is 6.42. The second kappa shape index (κ2) is 8.66. The molecule has 4 N–H and O–H groups in total. The third-order valence-electron chi connectivity index (χ3n) is 5.60. The van der Waals surface area contributed by atoms with Crippen LogP contribution in [-0.2, 0) is 9.59 Å². The number of benzene rings is 2. The Kier molecular flexibility index (Phi) is 5.38. The maximum absolute atomic E-state index is 13.1. The topological polar surface area (TPSA) is 132 Å². The van der Waals surface area contributed by atoms with E-state index in [9.17, 15) is 14.4 Å². The summed E-state index contributed by atoms with van der Waals surface area (Å²) in [5.74, 6) is 0.226. The zero-order valence-corrected chi connectivity index (χ0v) is 18.3. The van der Waals surface area contributed by atoms with Crippen molar-refractivity contribution >= 4 is 46.2 Å². The number of hydrogen-bond donors (Lipinski definition) is 4. The lowest BCUT2D eigenvalue weighted by molar-refractivity contribution is -0.111. The molecule has 2 aliphatic heterocycles. The Bertz CT molecular complexity index is 1340. The monoisotopic (exact) mass is 455 g/mol. The van der Waals surface area contributed by atoms with E-state index >= 15 is 0 Å². The van der Waals surface area contributed by atoms with Crippen LogP contribution in [0.15, 0.2) is 65.9 Å². The molecule has 0 aliphatic carbocycles. The van der Waals surface area contributed by atoms with Gasteiger partial charge in [-0.15, -0.1) is 0 Å². The van der Waals surface area contributed by atoms with E-state index in [2.05, 4.69) is 31.1 Å². The minimum absolute atomic E-state index is 0.195. The SMILES string of the molecule is CN1CCN=C1C(=O)Nc1ccc(C(=O)c2ccc3c(c2)/C(=C/Nc2cc[nH]n2)C(=O)N3)cc1. The number of carbonyl (C=O) groups is 3. The molecule has 0 saturated heterocycles. The number of likely N-dealkylation sites (N-methyl/N-ethyl adjacent to an activating group) is 1. The van der Waals surface area contributed by atoms with Crippen molar-refractivity contribution in [3.63, 3.8) is 0 Å². The number of amidine groups is 1. The van der Waals surface area contributed by atoms with E-state index in [1.165, 1.54) is 0 Å². The number of carbonyl (C=O) groups excluding carboxylic acids is 3. The summed E-state index contributed by atoms with van der Waals surface area (Å²) in [5, 5.41) is 15.2. The first-order chi connectivity index (χ1) is 16.5. The van der Waals surface area contributed by atoms with Gasteiger partial charge in [-0.1, -0.05) is 0 Å². The number of rotatable bonds is 6. The third kappa shape index (κ3) is 4.04. The Hall–Kier alpha value is -4.73. The second-order valence-electron chi connectivity index (χ2n) is 7.86. The molecule has 0 radical (unpaired) electrons. The minimum atomic E-state index is -0.280. The number of aliphatic imine (C=N–C) groups is 1. The normalized spacial score (nSPS) is 15.7. The summed E-state index contributed by atoms with van der Waals surface area (Å²) in [7, 11) is 1.82. The van der Waals surface area contributed by atoms with Gasteiger partial charge in [0.2, 0.25) is 0 Å². The standard InChI is InChI=1S/C24H21N7O3/c1-31-11-10-25-22(31)24(34)28-16-5-2-14(3-6-16)21(32)15-4-7-19-17(12-15)18(23(33)29-19)13-26-20-8-9-27-30-20/h2-9,12-13H,10-11H2,1H3,(H,28,34)(H,29,33)(H2,26,27,30)/b18-13-. The summed E-state index contributed by atoms with van der Waals surface area (Å²) in [5.41, 5.74) is 3.15. The number of ketones is 1. The van der Waals surface area contributed by atoms with E-state index in [0.29, 0.717) is 58.4 Å². The predicted molar refractivity (Wildman–Crippen MR) is 129 cm³/mol. The number of nitrogens with one attached hydrogen (secondary N) is 4. The van der Waals surface area contributed by atoms with E-state index in [1.54, 1.807) is 65.8 Å². The highest BCUT2D eigenvalue weighted by Gasteiger charge is 2.26. The lowest BCUT2D eigenvalue weighted by Gasteiger charge is -2.13. The van der Waals surface area contributed by atoms with Crippen LogP contribution in [0.3, 0.4) is 0 Å². The van der Waals surface area contributed by atoms with Gasteiger partial charge in [0.1, 0.15) is 0 Å². The molecule has 5 rings (SSSR count). The predicted octanol–water partition coefficient (Wildman–Crippen LogP) is 2.33. The molecule has 2 aliphatic rings. The van der Waals surface area contributed by atoms with Crippen LogP contribution in [0, 0.1) is 0 Å². The minimum Gasteiger partial charge on any atom is -0.354 e. The van der Waals surface area contributed by atoms with Crippen LogP contribution in [0.25, 0.3) is 5.57 Å². The highest BCUT2D eigenvalue weighted by Crippen LogP contribution is 2.33. The number of aromatic amines is 1. The number of anilines is 3. The Morgan fingerprint density at radius 3 is 2.59 bits per heavy atom. The first-order valence-corrected chi connectivity index (χ1v) is 10.6. The number of aromatic nitrogens is 2. The summed E-state index contributed by atoms with van der Waals surface area (Å²) in [6.07, 6.45) is 3.23. The Balaban J connectivity index is 1.33. The van der Waals surface area contributed by atoms with Crippen LogP contribution >= 0.6 is 0 Å². The van der Waals surface area contributed by atoms with Crippen LogP contribution in [0.5, 0.6) is 0 Å². The fraction of sp³-hybridized carbons (Fsp3) is 0.125. The fourth-order valence-corrected chi connectivity index (χ4v) is 3.80. The number of H-pyrrole nitrogens is 1. The first kappa shape index (κ1) is 21.1. The van der Waals surface area contributed by atoms with E-state index in [1.807, 2.05) is 7.05 Å². The maximum Gasteiger partial charge on any atom is 0.290 e. The fourth-order valence-electron chi connectivity index (χ4n) is 3.80. The lowest BCUT2D eigenvalue weighted by atomic mass is 9.98. The molecule has 3 heterocycles. The van der Waals surface area contributed by atoms with E-state index in [-0.39, 0.29) is 17.6 Å². The van der Waals surface area contributed by atoms with Gasteiger partial charge in [0.15, 0.2) is 17.4 Å². The van der Waals surface area contributed by atoms with Gasteiger partial charge in [0.05, 0.1) is 12.1 Å². The molecule has 10 nitrogen and oxygen atoms in total. The molecule has 10 heteroatoms. The molecule has 34 heavy (non-hydrogen) atoms. The molecule has 170 valence electrons. The lowest BCUT2D eigenvalue weighted by Crippen LogP contribution is -2.34. The summed E-state index contributed by atoms with van der Waals surface area (Å²) in [6.45, 7) is 1.32. The Morgan fingerprint density at radius 1 is 1.09 bits per heavy atom. The van der Waals surface area contributed by atoms with Crippen LogP contribution < -0.4 is 16.0 Å². The summed E-state index contributed by atoms with van der Waals surface area (Å²) >= 11 is 0. The Morgan fingerprint density at radius 2 is 1.88 bits per heavy atom. The van der Waals surface area contributed by atoms with E-state index in [4.69, 9.17) is 0 Å². The molecular weight excluding hydrogens is 434 g/mol. The van der Waals surface area contributed by atoms with E-state index < -0.39 is 0 Å². The third-order valence-corrected chi connectivity index (χ3v) is 5.60. The van der Waals surface area contributed by atoms with Crippen molar-refractivity contribution in [1.29, 1.82) is 0 Å². The summed E-state index contributed by atoms with van der Waals surface area (Å²) < 4.78 is 0. The van der Waals surface area contributed by atoms with Gasteiger partial charge < -0.3 is 20.9 Å². The van der Waals surface area contributed by atoms with Gasteiger partial charge in [0, 0.05) is 60.1 Å². The molecule has 0 spiro atoms. The number of fused-ring (bicyclic) bond motifs is 1. The van der Waals surface area contributed by atoms with Crippen LogP contribution in [-0.4, -0.2) is 58.7 Å². The van der Waals surface area contributed by atoms with Crippen molar-refractivity contribution in [1.82, 2.24) is 15.1 Å². The zero-order valence-electron chi connectivity index (χ0n) is 18.3. The number of hydrogen-bond acceptors (Lipinski definition) is 7. The first-order valence-electron chi connectivity index (χ1n) is 10.6. The van der Waals surface area contributed by atoms with Crippen LogP contribution in [0.2, 0.25) is 0 Å². The average Bonchev–Trinajstić information content (AvgIpc) is 3.57. The van der Waals surface area contributed by atoms with Crippen molar-refractivity contribution < 1.29 is 14.4 Å². The average molecular weight is 455 g/mol. The van der Waals surface area contributed by atoms with Crippen LogP contribution in [0.4, 0.5) is 17.2 Å². The second-order valence-corrected chi connectivity index (χ2v) is 7.86. The van der Waals surface area contributed by atoms with Gasteiger partial charge in [-0.05, 0) is 42.5 Å². The molecule has 2 amide bonds. The molecule has 2 aromatic carbocycles. The molecule has 0 fully saturated rings. The summed E-state index contributed by atoms with van der Waals surface area (Å²) in [4.78, 5) is 43.9. The Labute approximate surface area is 194 Å². The van der Waals surface area contributed by atoms with Crippen molar-refractivity contribution in [3.8, 4) is 0 Å². The number of amides is 2. The van der Waals surface area contributed by atoms with Crippen molar-refractivity contribution in [2.24, 2.45) is 4.99 Å². The molecule has 0 bridgehead atoms. The summed E-state index contributed by atoms with van der Waals surface area (Å²) in [6, 6.07) is 13.5. The van der Waals surface area contributed by atoms with Gasteiger partial charge in [0.25, 0.3) is 11.8 Å². The largest absolute Gasteiger partial charge is 0.354 e. The van der Waals surface area contributed by atoms with Gasteiger partial charge >= 0.3 is 0 Å². The quantitative estimate of drug-likeness (QED) is 0.333. The molecule has 0 atom stereocenters. The number of nitrogens with zero attached hydrogens (tertiary/aromatic N) is 3. The zero-order chi connectivity index (χ0) is 23.7. The maximum atomic E-state index is 13.1.